The number of halogens is 1. The lowest BCUT2D eigenvalue weighted by Gasteiger charge is -2.21. The van der Waals surface area contributed by atoms with Crippen LogP contribution in [-0.2, 0) is 14.3 Å². The van der Waals surface area contributed by atoms with Crippen LogP contribution in [0, 0.1) is 5.82 Å². The molecule has 0 aliphatic rings. The van der Waals surface area contributed by atoms with E-state index < -0.39 is 12.1 Å². The minimum absolute atomic E-state index is 0.159. The van der Waals surface area contributed by atoms with Gasteiger partial charge in [-0.15, -0.1) is 11.8 Å². The number of ether oxygens (including phenoxy) is 1. The minimum atomic E-state index is -0.945. The number of amides is 1. The predicted molar refractivity (Wildman–Crippen MR) is 95.7 cm³/mol. The van der Waals surface area contributed by atoms with Gasteiger partial charge in [-0.1, -0.05) is 30.3 Å². The van der Waals surface area contributed by atoms with Crippen molar-refractivity contribution in [3.63, 3.8) is 0 Å². The van der Waals surface area contributed by atoms with E-state index in [0.29, 0.717) is 11.3 Å². The first-order chi connectivity index (χ1) is 12.0. The van der Waals surface area contributed by atoms with Crippen molar-refractivity contribution in [1.29, 1.82) is 0 Å². The lowest BCUT2D eigenvalue weighted by molar-refractivity contribution is -0.159. The molecule has 2 rings (SSSR count). The van der Waals surface area contributed by atoms with Crippen molar-refractivity contribution in [3.8, 4) is 0 Å². The fourth-order valence-electron chi connectivity index (χ4n) is 2.10. The Kier molecular flexibility index (Phi) is 7.01. The van der Waals surface area contributed by atoms with Gasteiger partial charge in [-0.05, 0) is 24.3 Å². The van der Waals surface area contributed by atoms with Gasteiger partial charge in [0.25, 0.3) is 5.91 Å². The Bertz CT molecular complexity index is 704. The molecule has 0 aliphatic carbocycles. The van der Waals surface area contributed by atoms with Gasteiger partial charge in [0, 0.05) is 30.3 Å². The molecular formula is C19H20FNO3S. The smallest absolute Gasteiger partial charge is 0.307 e. The van der Waals surface area contributed by atoms with Gasteiger partial charge in [-0.2, -0.15) is 0 Å². The summed E-state index contributed by atoms with van der Waals surface area (Å²) in [6.07, 6.45) is -0.786. The lowest BCUT2D eigenvalue weighted by atomic mass is 10.1. The molecule has 25 heavy (non-hydrogen) atoms. The van der Waals surface area contributed by atoms with E-state index in [0.717, 1.165) is 4.90 Å². The lowest BCUT2D eigenvalue weighted by Crippen LogP contribution is -2.31. The maximum absolute atomic E-state index is 12.9. The zero-order valence-electron chi connectivity index (χ0n) is 14.1. The van der Waals surface area contributed by atoms with Gasteiger partial charge in [-0.3, -0.25) is 9.59 Å². The Morgan fingerprint density at radius 1 is 1.08 bits per heavy atom. The summed E-state index contributed by atoms with van der Waals surface area (Å²) in [4.78, 5) is 26.7. The summed E-state index contributed by atoms with van der Waals surface area (Å²) in [6.45, 7) is 0. The monoisotopic (exact) mass is 361 g/mol. The summed E-state index contributed by atoms with van der Waals surface area (Å²) < 4.78 is 18.3. The molecule has 6 heteroatoms. The molecule has 132 valence electrons. The van der Waals surface area contributed by atoms with E-state index in [1.165, 1.54) is 28.8 Å². The zero-order chi connectivity index (χ0) is 18.2. The Morgan fingerprint density at radius 2 is 1.72 bits per heavy atom. The van der Waals surface area contributed by atoms with E-state index in [2.05, 4.69) is 0 Å². The van der Waals surface area contributed by atoms with Gasteiger partial charge in [0.05, 0.1) is 6.42 Å². The molecule has 0 spiro atoms. The highest BCUT2D eigenvalue weighted by Crippen LogP contribution is 2.22. The Balaban J connectivity index is 1.92. The highest BCUT2D eigenvalue weighted by Gasteiger charge is 2.26. The van der Waals surface area contributed by atoms with Gasteiger partial charge < -0.3 is 9.64 Å². The van der Waals surface area contributed by atoms with Crippen LogP contribution < -0.4 is 0 Å². The number of nitrogens with zero attached hydrogens (tertiary/aromatic N) is 1. The van der Waals surface area contributed by atoms with Gasteiger partial charge >= 0.3 is 5.97 Å². The molecule has 0 radical (unpaired) electrons. The summed E-state index contributed by atoms with van der Waals surface area (Å²) in [5.41, 5.74) is 0.640. The maximum Gasteiger partial charge on any atom is 0.307 e. The molecule has 2 aromatic rings. The highest BCUT2D eigenvalue weighted by atomic mass is 32.2. The summed E-state index contributed by atoms with van der Waals surface area (Å²) in [5, 5.41) is 0. The van der Waals surface area contributed by atoms with E-state index in [1.807, 2.05) is 6.07 Å². The second-order valence-corrected chi connectivity index (χ2v) is 6.73. The first-order valence-electron chi connectivity index (χ1n) is 7.81. The average molecular weight is 361 g/mol. The van der Waals surface area contributed by atoms with Crippen LogP contribution in [0.4, 0.5) is 4.39 Å². The third-order valence-corrected chi connectivity index (χ3v) is 4.42. The molecule has 0 heterocycles. The minimum Gasteiger partial charge on any atom is -0.447 e. The van der Waals surface area contributed by atoms with Crippen molar-refractivity contribution in [2.45, 2.75) is 17.4 Å². The summed E-state index contributed by atoms with van der Waals surface area (Å²) in [5.74, 6) is -0.539. The van der Waals surface area contributed by atoms with Crippen molar-refractivity contribution >= 4 is 23.6 Å². The van der Waals surface area contributed by atoms with Crippen LogP contribution in [-0.4, -0.2) is 36.6 Å². The molecule has 1 atom stereocenters. The van der Waals surface area contributed by atoms with Crippen molar-refractivity contribution in [1.82, 2.24) is 4.90 Å². The molecule has 0 aromatic heterocycles. The molecule has 0 fully saturated rings. The molecule has 0 N–H and O–H groups in total. The highest BCUT2D eigenvalue weighted by molar-refractivity contribution is 7.99. The topological polar surface area (TPSA) is 46.6 Å². The molecular weight excluding hydrogens is 341 g/mol. The predicted octanol–water partition coefficient (Wildman–Crippen LogP) is 3.68. The van der Waals surface area contributed by atoms with Crippen LogP contribution in [0.15, 0.2) is 59.5 Å². The third kappa shape index (κ3) is 5.90. The second kappa shape index (κ2) is 9.22. The molecule has 0 saturated heterocycles. The normalized spacial score (nSPS) is 11.6. The summed E-state index contributed by atoms with van der Waals surface area (Å²) in [6, 6.07) is 15.0. The Morgan fingerprint density at radius 3 is 2.32 bits per heavy atom. The zero-order valence-corrected chi connectivity index (χ0v) is 15.0. The molecule has 0 bridgehead atoms. The summed E-state index contributed by atoms with van der Waals surface area (Å²) >= 11 is 1.43. The molecule has 0 aliphatic heterocycles. The van der Waals surface area contributed by atoms with Gasteiger partial charge in [0.1, 0.15) is 5.82 Å². The fourth-order valence-corrected chi connectivity index (χ4v) is 2.93. The van der Waals surface area contributed by atoms with Crippen LogP contribution in [0.1, 0.15) is 18.1 Å². The number of esters is 1. The van der Waals surface area contributed by atoms with E-state index in [1.54, 1.807) is 50.5 Å². The van der Waals surface area contributed by atoms with Crippen molar-refractivity contribution in [2.24, 2.45) is 0 Å². The SMILES string of the molecule is CN(C)C(=O)C(OC(=O)CCSc1ccc(F)cc1)c1ccccc1. The number of benzene rings is 2. The van der Waals surface area contributed by atoms with Crippen LogP contribution in [0.3, 0.4) is 0 Å². The number of hydrogen-bond donors (Lipinski definition) is 0. The van der Waals surface area contributed by atoms with E-state index in [4.69, 9.17) is 4.74 Å². The number of carbonyl (C=O) groups is 2. The van der Waals surface area contributed by atoms with Crippen LogP contribution in [0.5, 0.6) is 0 Å². The standard InChI is InChI=1S/C19H20FNO3S/c1-21(2)19(23)18(14-6-4-3-5-7-14)24-17(22)12-13-25-16-10-8-15(20)9-11-16/h3-11,18H,12-13H2,1-2H3. The maximum atomic E-state index is 12.9. The number of likely N-dealkylation sites (N-methyl/N-ethyl adjacent to an activating group) is 1. The van der Waals surface area contributed by atoms with Crippen LogP contribution in [0.2, 0.25) is 0 Å². The molecule has 2 aromatic carbocycles. The van der Waals surface area contributed by atoms with E-state index in [9.17, 15) is 14.0 Å². The van der Waals surface area contributed by atoms with Crippen LogP contribution in [0.25, 0.3) is 0 Å². The second-order valence-electron chi connectivity index (χ2n) is 5.57. The third-order valence-electron chi connectivity index (χ3n) is 3.41. The van der Waals surface area contributed by atoms with Gasteiger partial charge in [0.2, 0.25) is 6.10 Å². The van der Waals surface area contributed by atoms with Gasteiger partial charge in [-0.25, -0.2) is 4.39 Å². The van der Waals surface area contributed by atoms with Crippen molar-refractivity contribution in [3.05, 3.63) is 66.0 Å². The van der Waals surface area contributed by atoms with E-state index in [-0.39, 0.29) is 18.1 Å². The number of carbonyl (C=O) groups excluding carboxylic acids is 2. The first kappa shape index (κ1) is 19.0. The van der Waals surface area contributed by atoms with Gasteiger partial charge in [0.15, 0.2) is 0 Å². The largest absolute Gasteiger partial charge is 0.447 e. The number of rotatable bonds is 7. The quantitative estimate of drug-likeness (QED) is 0.557. The Labute approximate surface area is 151 Å². The van der Waals surface area contributed by atoms with E-state index >= 15 is 0 Å². The first-order valence-corrected chi connectivity index (χ1v) is 8.80. The van der Waals surface area contributed by atoms with Crippen LogP contribution >= 0.6 is 11.8 Å². The Hall–Kier alpha value is -2.34. The molecule has 1 amide bonds. The molecule has 4 nitrogen and oxygen atoms in total. The average Bonchev–Trinajstić information content (AvgIpc) is 2.61. The molecule has 0 saturated carbocycles. The van der Waals surface area contributed by atoms with Crippen molar-refractivity contribution < 1.29 is 18.7 Å². The number of hydrogen-bond acceptors (Lipinski definition) is 4. The fraction of sp³-hybridized carbons (Fsp3) is 0.263. The molecule has 1 unspecified atom stereocenters. The van der Waals surface area contributed by atoms with Crippen molar-refractivity contribution in [2.75, 3.05) is 19.8 Å². The summed E-state index contributed by atoms with van der Waals surface area (Å²) in [7, 11) is 3.24. The number of thioether (sulfide) groups is 1.